The molecule has 0 saturated carbocycles. The Labute approximate surface area is 157 Å². The average molecular weight is 409 g/mol. The molecular formula is C15H12FN5O4S2. The van der Waals surface area contributed by atoms with Crippen molar-refractivity contribution in [1.29, 1.82) is 0 Å². The van der Waals surface area contributed by atoms with E-state index in [9.17, 15) is 17.6 Å². The number of amides is 1. The molecule has 27 heavy (non-hydrogen) atoms. The molecule has 0 bridgehead atoms. The van der Waals surface area contributed by atoms with Gasteiger partial charge in [0.2, 0.25) is 5.91 Å². The fraction of sp³-hybridized carbons (Fsp3) is 0.0667. The van der Waals surface area contributed by atoms with Crippen LogP contribution < -0.4 is 14.8 Å². The van der Waals surface area contributed by atoms with Crippen LogP contribution in [0.3, 0.4) is 0 Å². The van der Waals surface area contributed by atoms with Gasteiger partial charge in [0.05, 0.1) is 24.3 Å². The summed E-state index contributed by atoms with van der Waals surface area (Å²) in [6.45, 7) is 1.29. The van der Waals surface area contributed by atoms with E-state index in [1.807, 2.05) is 0 Å². The van der Waals surface area contributed by atoms with E-state index in [1.165, 1.54) is 37.5 Å². The predicted octanol–water partition coefficient (Wildman–Crippen LogP) is 2.62. The highest BCUT2D eigenvalue weighted by atomic mass is 32.2. The summed E-state index contributed by atoms with van der Waals surface area (Å²) in [6.07, 6.45) is 3.47. The van der Waals surface area contributed by atoms with Crippen molar-refractivity contribution < 1.29 is 22.3 Å². The Hall–Kier alpha value is -3.12. The second kappa shape index (κ2) is 7.63. The number of carbonyl (C=O) groups excluding carboxylic acids is 1. The van der Waals surface area contributed by atoms with Crippen LogP contribution in [0.1, 0.15) is 6.92 Å². The first kappa shape index (κ1) is 18.7. The molecule has 12 heteroatoms. The van der Waals surface area contributed by atoms with E-state index in [4.69, 9.17) is 4.74 Å². The van der Waals surface area contributed by atoms with Gasteiger partial charge < -0.3 is 10.1 Å². The highest BCUT2D eigenvalue weighted by molar-refractivity contribution is 7.94. The molecule has 0 saturated heterocycles. The van der Waals surface area contributed by atoms with E-state index in [0.717, 1.165) is 17.5 Å². The molecule has 0 aliphatic heterocycles. The minimum atomic E-state index is -3.93. The van der Waals surface area contributed by atoms with Crippen molar-refractivity contribution in [1.82, 2.24) is 15.0 Å². The number of aromatic nitrogens is 3. The van der Waals surface area contributed by atoms with Gasteiger partial charge in [-0.1, -0.05) is 23.5 Å². The summed E-state index contributed by atoms with van der Waals surface area (Å²) in [7, 11) is -3.93. The molecule has 0 unspecified atom stereocenters. The average Bonchev–Trinajstić information content (AvgIpc) is 3.07. The van der Waals surface area contributed by atoms with Crippen LogP contribution in [0.2, 0.25) is 0 Å². The maximum Gasteiger partial charge on any atom is 0.322 e. The number of para-hydroxylation sites is 1. The van der Waals surface area contributed by atoms with E-state index in [1.54, 1.807) is 6.07 Å². The first-order valence-electron chi connectivity index (χ1n) is 7.34. The maximum atomic E-state index is 13.5. The normalized spacial score (nSPS) is 11.0. The molecule has 2 N–H and O–H groups in total. The number of sulfonamides is 1. The number of nitrogens with one attached hydrogen (secondary N) is 2. The van der Waals surface area contributed by atoms with Gasteiger partial charge in [0, 0.05) is 6.92 Å². The first-order chi connectivity index (χ1) is 12.8. The Morgan fingerprint density at radius 3 is 2.52 bits per heavy atom. The molecule has 2 aromatic heterocycles. The summed E-state index contributed by atoms with van der Waals surface area (Å²) in [5, 5.41) is 2.56. The van der Waals surface area contributed by atoms with Crippen molar-refractivity contribution in [2.75, 3.05) is 10.0 Å². The highest BCUT2D eigenvalue weighted by Gasteiger charge is 2.19. The fourth-order valence-corrected chi connectivity index (χ4v) is 3.95. The van der Waals surface area contributed by atoms with Crippen molar-refractivity contribution in [3.05, 3.63) is 48.7 Å². The van der Waals surface area contributed by atoms with E-state index in [0.29, 0.717) is 0 Å². The largest absolute Gasteiger partial charge is 0.421 e. The molecule has 0 spiro atoms. The minimum Gasteiger partial charge on any atom is -0.421 e. The zero-order valence-corrected chi connectivity index (χ0v) is 15.3. The SMILES string of the molecule is CC(=O)Nc1ncc(S(=O)(=O)Nc2cnc(Oc3ccccc3F)nc2)s1. The summed E-state index contributed by atoms with van der Waals surface area (Å²) >= 11 is 0.793. The van der Waals surface area contributed by atoms with Crippen molar-refractivity contribution in [3.63, 3.8) is 0 Å². The zero-order chi connectivity index (χ0) is 19.4. The zero-order valence-electron chi connectivity index (χ0n) is 13.7. The highest BCUT2D eigenvalue weighted by Crippen LogP contribution is 2.25. The van der Waals surface area contributed by atoms with Gasteiger partial charge in [-0.05, 0) is 12.1 Å². The minimum absolute atomic E-state index is 0.0546. The van der Waals surface area contributed by atoms with Gasteiger partial charge in [0.25, 0.3) is 10.0 Å². The van der Waals surface area contributed by atoms with Crippen LogP contribution in [-0.4, -0.2) is 29.3 Å². The number of carbonyl (C=O) groups is 1. The molecule has 0 atom stereocenters. The van der Waals surface area contributed by atoms with Crippen LogP contribution in [0.25, 0.3) is 0 Å². The van der Waals surface area contributed by atoms with Crippen molar-refractivity contribution >= 4 is 38.1 Å². The van der Waals surface area contributed by atoms with Crippen LogP contribution in [0, 0.1) is 5.82 Å². The van der Waals surface area contributed by atoms with Gasteiger partial charge in [-0.3, -0.25) is 9.52 Å². The number of hydrogen-bond donors (Lipinski definition) is 2. The monoisotopic (exact) mass is 409 g/mol. The fourth-order valence-electron chi connectivity index (χ4n) is 1.84. The standard InChI is InChI=1S/C15H12FN5O4S2/c1-9(22)20-15-19-8-13(26-15)27(23,24)21-10-6-17-14(18-7-10)25-12-5-3-2-4-11(12)16/h2-8,21H,1H3,(H,19,20,22). The summed E-state index contributed by atoms with van der Waals surface area (Å²) in [6, 6.07) is 5.59. The van der Waals surface area contributed by atoms with Gasteiger partial charge in [-0.25, -0.2) is 27.8 Å². The molecule has 140 valence electrons. The lowest BCUT2D eigenvalue weighted by molar-refractivity contribution is -0.114. The smallest absolute Gasteiger partial charge is 0.322 e. The Morgan fingerprint density at radius 2 is 1.85 bits per heavy atom. The lowest BCUT2D eigenvalue weighted by atomic mass is 10.3. The molecular weight excluding hydrogens is 397 g/mol. The Bertz CT molecular complexity index is 1070. The number of ether oxygens (including phenoxy) is 1. The molecule has 0 aliphatic rings. The second-order valence-electron chi connectivity index (χ2n) is 5.06. The molecule has 0 aliphatic carbocycles. The number of rotatable bonds is 6. The molecule has 9 nitrogen and oxygen atoms in total. The number of benzene rings is 1. The quantitative estimate of drug-likeness (QED) is 0.641. The molecule has 3 rings (SSSR count). The first-order valence-corrected chi connectivity index (χ1v) is 9.64. The summed E-state index contributed by atoms with van der Waals surface area (Å²) in [5.41, 5.74) is 0.0744. The van der Waals surface area contributed by atoms with Gasteiger partial charge >= 0.3 is 6.01 Å². The topological polar surface area (TPSA) is 123 Å². The van der Waals surface area contributed by atoms with Crippen LogP contribution in [0.4, 0.5) is 15.2 Å². The van der Waals surface area contributed by atoms with Crippen molar-refractivity contribution in [2.24, 2.45) is 0 Å². The van der Waals surface area contributed by atoms with E-state index in [-0.39, 0.29) is 32.7 Å². The van der Waals surface area contributed by atoms with Gasteiger partial charge in [0.1, 0.15) is 0 Å². The molecule has 2 heterocycles. The van der Waals surface area contributed by atoms with E-state index >= 15 is 0 Å². The van der Waals surface area contributed by atoms with Gasteiger partial charge in [-0.2, -0.15) is 0 Å². The molecule has 1 amide bonds. The lowest BCUT2D eigenvalue weighted by Gasteiger charge is -2.07. The van der Waals surface area contributed by atoms with Gasteiger partial charge in [-0.15, -0.1) is 0 Å². The lowest BCUT2D eigenvalue weighted by Crippen LogP contribution is -2.12. The van der Waals surface area contributed by atoms with E-state index < -0.39 is 15.8 Å². The number of thiazole rings is 1. The number of halogens is 1. The molecule has 1 aromatic carbocycles. The maximum absolute atomic E-state index is 13.5. The van der Waals surface area contributed by atoms with E-state index in [2.05, 4.69) is 25.0 Å². The number of anilines is 2. The number of hydrogen-bond acceptors (Lipinski definition) is 8. The van der Waals surface area contributed by atoms with Crippen molar-refractivity contribution in [2.45, 2.75) is 11.1 Å². The third kappa shape index (κ3) is 4.74. The van der Waals surface area contributed by atoms with Crippen LogP contribution in [0.5, 0.6) is 11.8 Å². The third-order valence-corrected chi connectivity index (χ3v) is 5.71. The Kier molecular flexibility index (Phi) is 5.28. The van der Waals surface area contributed by atoms with Crippen LogP contribution in [0.15, 0.2) is 47.1 Å². The number of nitrogens with zero attached hydrogens (tertiary/aromatic N) is 3. The molecule has 0 radical (unpaired) electrons. The third-order valence-electron chi connectivity index (χ3n) is 2.95. The summed E-state index contributed by atoms with van der Waals surface area (Å²) in [4.78, 5) is 22.5. The van der Waals surface area contributed by atoms with Gasteiger partial charge in [0.15, 0.2) is 20.9 Å². The summed E-state index contributed by atoms with van der Waals surface area (Å²) < 4.78 is 45.6. The molecule has 3 aromatic rings. The predicted molar refractivity (Wildman–Crippen MR) is 95.7 cm³/mol. The second-order valence-corrected chi connectivity index (χ2v) is 8.00. The molecule has 0 fully saturated rings. The van der Waals surface area contributed by atoms with Crippen LogP contribution >= 0.6 is 11.3 Å². The Morgan fingerprint density at radius 1 is 1.15 bits per heavy atom. The Balaban J connectivity index is 1.71. The summed E-state index contributed by atoms with van der Waals surface area (Å²) in [5.74, 6) is -0.993. The van der Waals surface area contributed by atoms with Crippen molar-refractivity contribution in [3.8, 4) is 11.8 Å². The van der Waals surface area contributed by atoms with Crippen LogP contribution in [-0.2, 0) is 14.8 Å².